The third-order valence-corrected chi connectivity index (χ3v) is 2.55. The summed E-state index contributed by atoms with van der Waals surface area (Å²) in [5, 5.41) is 0.716. The molecule has 0 bridgehead atoms. The van der Waals surface area contributed by atoms with Gasteiger partial charge in [-0.05, 0) is 42.0 Å². The minimum Gasteiger partial charge on any atom is -0.489 e. The van der Waals surface area contributed by atoms with Gasteiger partial charge in [-0.2, -0.15) is 0 Å². The van der Waals surface area contributed by atoms with E-state index in [-0.39, 0.29) is 0 Å². The van der Waals surface area contributed by atoms with Crippen molar-refractivity contribution < 1.29 is 4.74 Å². The number of ether oxygens (including phenoxy) is 1. The quantitative estimate of drug-likeness (QED) is 0.645. The van der Waals surface area contributed by atoms with Gasteiger partial charge in [0.25, 0.3) is 0 Å². The van der Waals surface area contributed by atoms with Gasteiger partial charge >= 0.3 is 0 Å². The summed E-state index contributed by atoms with van der Waals surface area (Å²) in [6.07, 6.45) is 0. The molecule has 0 amide bonds. The van der Waals surface area contributed by atoms with Gasteiger partial charge in [0.1, 0.15) is 12.4 Å². The first-order valence-electron chi connectivity index (χ1n) is 5.22. The van der Waals surface area contributed by atoms with Gasteiger partial charge in [-0.25, -0.2) is 0 Å². The van der Waals surface area contributed by atoms with Crippen LogP contribution in [0.4, 0.5) is 5.69 Å². The van der Waals surface area contributed by atoms with Crippen LogP contribution in [0.25, 0.3) is 0 Å². The molecule has 0 radical (unpaired) electrons. The van der Waals surface area contributed by atoms with Crippen LogP contribution in [0.3, 0.4) is 0 Å². The summed E-state index contributed by atoms with van der Waals surface area (Å²) < 4.78 is 5.62. The highest BCUT2D eigenvalue weighted by Gasteiger charge is 1.97. The summed E-state index contributed by atoms with van der Waals surface area (Å²) in [7, 11) is 0. The largest absolute Gasteiger partial charge is 0.489 e. The monoisotopic (exact) mass is 248 g/mol. The Balaban J connectivity index is 1.97. The summed E-state index contributed by atoms with van der Waals surface area (Å²) in [5.74, 6) is 6.07. The summed E-state index contributed by atoms with van der Waals surface area (Å²) in [5.41, 5.74) is 4.45. The second-order valence-electron chi connectivity index (χ2n) is 3.59. The maximum absolute atomic E-state index is 5.89. The number of halogens is 1. The first-order valence-corrected chi connectivity index (χ1v) is 5.59. The molecule has 17 heavy (non-hydrogen) atoms. The zero-order chi connectivity index (χ0) is 12.1. The molecular weight excluding hydrogens is 236 g/mol. The predicted molar refractivity (Wildman–Crippen MR) is 70.0 cm³/mol. The van der Waals surface area contributed by atoms with Gasteiger partial charge in [-0.3, -0.25) is 5.84 Å². The number of anilines is 1. The lowest BCUT2D eigenvalue weighted by molar-refractivity contribution is 0.306. The van der Waals surface area contributed by atoms with Crippen molar-refractivity contribution in [3.8, 4) is 5.75 Å². The molecule has 3 nitrogen and oxygen atoms in total. The van der Waals surface area contributed by atoms with Crippen LogP contribution in [0.1, 0.15) is 5.56 Å². The van der Waals surface area contributed by atoms with E-state index in [2.05, 4.69) is 5.43 Å². The standard InChI is InChI=1S/C13H13ClN2O/c14-11-3-1-2-10(8-11)9-17-13-6-4-12(16-15)5-7-13/h1-8,16H,9,15H2. The van der Waals surface area contributed by atoms with Crippen molar-refractivity contribution in [2.24, 2.45) is 5.84 Å². The number of hydrogen-bond acceptors (Lipinski definition) is 3. The molecule has 0 fully saturated rings. The van der Waals surface area contributed by atoms with Crippen LogP contribution in [0.15, 0.2) is 48.5 Å². The van der Waals surface area contributed by atoms with Crippen molar-refractivity contribution in [2.45, 2.75) is 6.61 Å². The van der Waals surface area contributed by atoms with Crippen molar-refractivity contribution in [1.29, 1.82) is 0 Å². The third kappa shape index (κ3) is 3.37. The average Bonchev–Trinajstić information content (AvgIpc) is 2.37. The van der Waals surface area contributed by atoms with E-state index in [0.717, 1.165) is 17.0 Å². The molecule has 0 aliphatic carbocycles. The van der Waals surface area contributed by atoms with Gasteiger partial charge in [-0.1, -0.05) is 23.7 Å². The molecule has 0 saturated heterocycles. The van der Waals surface area contributed by atoms with Crippen LogP contribution in [0.5, 0.6) is 5.75 Å². The Hall–Kier alpha value is -1.71. The lowest BCUT2D eigenvalue weighted by Gasteiger charge is -2.07. The second-order valence-corrected chi connectivity index (χ2v) is 4.02. The second kappa shape index (κ2) is 5.57. The highest BCUT2D eigenvalue weighted by atomic mass is 35.5. The lowest BCUT2D eigenvalue weighted by Crippen LogP contribution is -2.06. The van der Waals surface area contributed by atoms with Crippen molar-refractivity contribution in [2.75, 3.05) is 5.43 Å². The third-order valence-electron chi connectivity index (χ3n) is 2.32. The van der Waals surface area contributed by atoms with Gasteiger partial charge in [0.05, 0.1) is 0 Å². The zero-order valence-electron chi connectivity index (χ0n) is 9.19. The number of nitrogen functional groups attached to an aromatic ring is 1. The Kier molecular flexibility index (Phi) is 3.85. The van der Waals surface area contributed by atoms with E-state index >= 15 is 0 Å². The van der Waals surface area contributed by atoms with E-state index in [1.807, 2.05) is 48.5 Å². The summed E-state index contributed by atoms with van der Waals surface area (Å²) in [4.78, 5) is 0. The molecule has 0 unspecified atom stereocenters. The number of hydrogen-bond donors (Lipinski definition) is 2. The van der Waals surface area contributed by atoms with Gasteiger partial charge in [0.15, 0.2) is 0 Å². The molecule has 88 valence electrons. The zero-order valence-corrected chi connectivity index (χ0v) is 9.95. The van der Waals surface area contributed by atoms with E-state index in [0.29, 0.717) is 11.6 Å². The van der Waals surface area contributed by atoms with E-state index in [1.165, 1.54) is 0 Å². The van der Waals surface area contributed by atoms with E-state index < -0.39 is 0 Å². The maximum atomic E-state index is 5.89. The highest BCUT2D eigenvalue weighted by molar-refractivity contribution is 6.30. The Bertz CT molecular complexity index is 485. The molecule has 3 N–H and O–H groups in total. The van der Waals surface area contributed by atoms with Gasteiger partial charge < -0.3 is 10.2 Å². The minimum absolute atomic E-state index is 0.496. The van der Waals surface area contributed by atoms with Crippen LogP contribution in [0.2, 0.25) is 5.02 Å². The van der Waals surface area contributed by atoms with Gasteiger partial charge in [0, 0.05) is 10.7 Å². The van der Waals surface area contributed by atoms with E-state index in [1.54, 1.807) is 0 Å². The van der Waals surface area contributed by atoms with Crippen LogP contribution >= 0.6 is 11.6 Å². The maximum Gasteiger partial charge on any atom is 0.119 e. The number of rotatable bonds is 4. The molecule has 2 aromatic rings. The fourth-order valence-electron chi connectivity index (χ4n) is 1.44. The number of nitrogens with one attached hydrogen (secondary N) is 1. The fourth-order valence-corrected chi connectivity index (χ4v) is 1.65. The Morgan fingerprint density at radius 1 is 1.12 bits per heavy atom. The molecule has 2 aromatic carbocycles. The molecular formula is C13H13ClN2O. The van der Waals surface area contributed by atoms with E-state index in [4.69, 9.17) is 22.2 Å². The minimum atomic E-state index is 0.496. The van der Waals surface area contributed by atoms with Crippen molar-refractivity contribution in [3.63, 3.8) is 0 Å². The molecule has 0 atom stereocenters. The smallest absolute Gasteiger partial charge is 0.119 e. The summed E-state index contributed by atoms with van der Waals surface area (Å²) >= 11 is 5.89. The first kappa shape index (κ1) is 11.8. The van der Waals surface area contributed by atoms with Crippen molar-refractivity contribution >= 4 is 17.3 Å². The number of nitrogens with two attached hydrogens (primary N) is 1. The predicted octanol–water partition coefficient (Wildman–Crippen LogP) is 3.20. The molecule has 4 heteroatoms. The van der Waals surface area contributed by atoms with Crippen LogP contribution in [-0.2, 0) is 6.61 Å². The SMILES string of the molecule is NNc1ccc(OCc2cccc(Cl)c2)cc1. The molecule has 0 spiro atoms. The molecule has 0 aromatic heterocycles. The van der Waals surface area contributed by atoms with Crippen LogP contribution < -0.4 is 16.0 Å². The summed E-state index contributed by atoms with van der Waals surface area (Å²) in [6, 6.07) is 15.0. The number of hydrazine groups is 1. The Morgan fingerprint density at radius 3 is 2.53 bits per heavy atom. The summed E-state index contributed by atoms with van der Waals surface area (Å²) in [6.45, 7) is 0.496. The Morgan fingerprint density at radius 2 is 1.88 bits per heavy atom. The Labute approximate surface area is 105 Å². The molecule has 0 aliphatic heterocycles. The van der Waals surface area contributed by atoms with Crippen LogP contribution in [-0.4, -0.2) is 0 Å². The molecule has 0 saturated carbocycles. The van der Waals surface area contributed by atoms with Crippen molar-refractivity contribution in [1.82, 2.24) is 0 Å². The average molecular weight is 249 g/mol. The molecule has 0 heterocycles. The topological polar surface area (TPSA) is 47.3 Å². The first-order chi connectivity index (χ1) is 8.28. The lowest BCUT2D eigenvalue weighted by atomic mass is 10.2. The van der Waals surface area contributed by atoms with Crippen molar-refractivity contribution in [3.05, 3.63) is 59.1 Å². The molecule has 0 aliphatic rings. The number of benzene rings is 2. The molecule has 2 rings (SSSR count). The highest BCUT2D eigenvalue weighted by Crippen LogP contribution is 2.17. The van der Waals surface area contributed by atoms with Gasteiger partial charge in [0.2, 0.25) is 0 Å². The normalized spacial score (nSPS) is 10.0. The van der Waals surface area contributed by atoms with Crippen LogP contribution in [0, 0.1) is 0 Å². The van der Waals surface area contributed by atoms with Gasteiger partial charge in [-0.15, -0.1) is 0 Å². The van der Waals surface area contributed by atoms with E-state index in [9.17, 15) is 0 Å². The fraction of sp³-hybridized carbons (Fsp3) is 0.0769.